The number of β-amino-alcohol motifs (C(OH)–C–C–N with tert-alkyl or cyclic N) is 1. The van der Waals surface area contributed by atoms with E-state index in [-0.39, 0.29) is 17.6 Å². The Balaban J connectivity index is 1.44. The van der Waals surface area contributed by atoms with Crippen LogP contribution in [-0.2, 0) is 0 Å². The highest BCUT2D eigenvalue weighted by Crippen LogP contribution is 2.32. The van der Waals surface area contributed by atoms with Crippen LogP contribution in [0.4, 0.5) is 17.2 Å². The number of anilines is 3. The summed E-state index contributed by atoms with van der Waals surface area (Å²) < 4.78 is 14.4. The SMILES string of the molecule is Cc1oc(-c2cnc(Nc3ccc4nsnc4c3)cc2NC(C)C)nc1C(=O)N1CCC(O)C1. The molecule has 1 fully saturated rings. The molecule has 0 saturated carbocycles. The maximum absolute atomic E-state index is 12.9. The number of aromatic nitrogens is 4. The summed E-state index contributed by atoms with van der Waals surface area (Å²) in [4.78, 5) is 23.5. The van der Waals surface area contributed by atoms with Gasteiger partial charge in [-0.15, -0.1) is 0 Å². The largest absolute Gasteiger partial charge is 0.440 e. The summed E-state index contributed by atoms with van der Waals surface area (Å²) in [6, 6.07) is 7.80. The van der Waals surface area contributed by atoms with Crippen LogP contribution >= 0.6 is 11.7 Å². The Bertz CT molecular complexity index is 1350. The van der Waals surface area contributed by atoms with Gasteiger partial charge in [-0.25, -0.2) is 9.97 Å². The molecule has 0 bridgehead atoms. The molecule has 1 aliphatic heterocycles. The third kappa shape index (κ3) is 4.44. The van der Waals surface area contributed by atoms with Crippen LogP contribution in [0.25, 0.3) is 22.5 Å². The van der Waals surface area contributed by atoms with Crippen molar-refractivity contribution in [3.8, 4) is 11.5 Å². The fourth-order valence-electron chi connectivity index (χ4n) is 3.92. The fourth-order valence-corrected chi connectivity index (χ4v) is 4.44. The molecule has 1 unspecified atom stereocenters. The number of hydrogen-bond acceptors (Lipinski definition) is 10. The number of oxazole rings is 1. The first-order chi connectivity index (χ1) is 16.4. The lowest BCUT2D eigenvalue weighted by Gasteiger charge is -2.15. The van der Waals surface area contributed by atoms with Gasteiger partial charge in [0.1, 0.15) is 22.6 Å². The van der Waals surface area contributed by atoms with E-state index in [0.29, 0.717) is 42.5 Å². The number of benzene rings is 1. The van der Waals surface area contributed by atoms with Crippen LogP contribution in [0.3, 0.4) is 0 Å². The number of amides is 1. The number of aliphatic hydroxyl groups is 1. The maximum Gasteiger partial charge on any atom is 0.276 e. The highest BCUT2D eigenvalue weighted by atomic mass is 32.1. The van der Waals surface area contributed by atoms with Crippen molar-refractivity contribution >= 4 is 45.9 Å². The maximum atomic E-state index is 12.9. The molecule has 1 saturated heterocycles. The Kier molecular flexibility index (Phi) is 5.88. The number of aryl methyl sites for hydroxylation is 1. The number of nitrogens with zero attached hydrogens (tertiary/aromatic N) is 5. The minimum atomic E-state index is -0.491. The second kappa shape index (κ2) is 8.99. The number of nitrogens with one attached hydrogen (secondary N) is 2. The third-order valence-corrected chi connectivity index (χ3v) is 6.11. The van der Waals surface area contributed by atoms with E-state index in [4.69, 9.17) is 4.42 Å². The fraction of sp³-hybridized carbons (Fsp3) is 0.348. The quantitative estimate of drug-likeness (QED) is 0.378. The van der Waals surface area contributed by atoms with Gasteiger partial charge in [0.15, 0.2) is 5.69 Å². The molecule has 10 nitrogen and oxygen atoms in total. The van der Waals surface area contributed by atoms with Crippen molar-refractivity contribution in [1.82, 2.24) is 23.6 Å². The van der Waals surface area contributed by atoms with E-state index < -0.39 is 6.10 Å². The second-order valence-corrected chi connectivity index (χ2v) is 9.15. The summed E-state index contributed by atoms with van der Waals surface area (Å²) in [5, 5.41) is 16.5. The molecule has 3 N–H and O–H groups in total. The summed E-state index contributed by atoms with van der Waals surface area (Å²) in [6.07, 6.45) is 1.76. The van der Waals surface area contributed by atoms with Gasteiger partial charge in [0.05, 0.1) is 29.1 Å². The number of hydrogen-bond donors (Lipinski definition) is 3. The molecule has 0 radical (unpaired) electrons. The first-order valence-electron chi connectivity index (χ1n) is 11.1. The average molecular weight is 480 g/mol. The topological polar surface area (TPSA) is 129 Å². The van der Waals surface area contributed by atoms with Gasteiger partial charge in [-0.1, -0.05) is 0 Å². The van der Waals surface area contributed by atoms with Gasteiger partial charge in [-0.3, -0.25) is 4.79 Å². The molecular formula is C23H25N7O3S. The lowest BCUT2D eigenvalue weighted by atomic mass is 10.2. The van der Waals surface area contributed by atoms with Gasteiger partial charge in [-0.2, -0.15) is 8.75 Å². The Labute approximate surface area is 200 Å². The van der Waals surface area contributed by atoms with Gasteiger partial charge >= 0.3 is 0 Å². The lowest BCUT2D eigenvalue weighted by molar-refractivity contribution is 0.0758. The lowest BCUT2D eigenvalue weighted by Crippen LogP contribution is -2.30. The van der Waals surface area contributed by atoms with Crippen LogP contribution in [0, 0.1) is 6.92 Å². The summed E-state index contributed by atoms with van der Waals surface area (Å²) in [7, 11) is 0. The molecule has 1 atom stereocenters. The Morgan fingerprint density at radius 1 is 1.26 bits per heavy atom. The monoisotopic (exact) mass is 479 g/mol. The first-order valence-corrected chi connectivity index (χ1v) is 11.8. The highest BCUT2D eigenvalue weighted by molar-refractivity contribution is 7.00. The van der Waals surface area contributed by atoms with Crippen molar-refractivity contribution in [2.75, 3.05) is 23.7 Å². The number of pyridine rings is 1. The molecule has 1 amide bonds. The minimum Gasteiger partial charge on any atom is -0.440 e. The Morgan fingerprint density at radius 2 is 2.09 bits per heavy atom. The molecule has 0 aliphatic carbocycles. The number of aliphatic hydroxyl groups excluding tert-OH is 1. The van der Waals surface area contributed by atoms with E-state index in [9.17, 15) is 9.90 Å². The highest BCUT2D eigenvalue weighted by Gasteiger charge is 2.29. The summed E-state index contributed by atoms with van der Waals surface area (Å²) in [6.45, 7) is 6.61. The van der Waals surface area contributed by atoms with Crippen LogP contribution in [-0.4, -0.2) is 59.9 Å². The van der Waals surface area contributed by atoms with Crippen molar-refractivity contribution in [3.63, 3.8) is 0 Å². The van der Waals surface area contributed by atoms with E-state index in [1.165, 1.54) is 11.7 Å². The van der Waals surface area contributed by atoms with Crippen molar-refractivity contribution in [3.05, 3.63) is 41.9 Å². The normalized spacial score (nSPS) is 15.9. The van der Waals surface area contributed by atoms with Crippen molar-refractivity contribution < 1.29 is 14.3 Å². The molecule has 4 heterocycles. The predicted octanol–water partition coefficient (Wildman–Crippen LogP) is 3.82. The standard InChI is InChI=1S/C23H25N7O3S/c1-12(2)25-18-9-20(26-14-4-5-17-19(8-14)29-34-28-17)24-10-16(18)22-27-21(13(3)33-22)23(32)30-7-6-15(31)11-30/h4-5,8-10,12,15,31H,6-7,11H2,1-3H3,(H2,24,25,26). The molecule has 1 aliphatic rings. The number of fused-ring (bicyclic) bond motifs is 1. The summed E-state index contributed by atoms with van der Waals surface area (Å²) >= 11 is 1.18. The Hall–Kier alpha value is -3.57. The molecule has 176 valence electrons. The Morgan fingerprint density at radius 3 is 2.85 bits per heavy atom. The molecule has 5 rings (SSSR count). The van der Waals surface area contributed by atoms with Crippen LogP contribution in [0.1, 0.15) is 36.5 Å². The van der Waals surface area contributed by atoms with Crippen LogP contribution < -0.4 is 10.6 Å². The van der Waals surface area contributed by atoms with E-state index in [1.807, 2.05) is 38.1 Å². The second-order valence-electron chi connectivity index (χ2n) is 8.62. The molecule has 34 heavy (non-hydrogen) atoms. The number of carbonyl (C=O) groups excluding carboxylic acids is 1. The first kappa shape index (κ1) is 22.2. The number of rotatable bonds is 6. The van der Waals surface area contributed by atoms with E-state index >= 15 is 0 Å². The molecule has 1 aromatic carbocycles. The van der Waals surface area contributed by atoms with Crippen molar-refractivity contribution in [1.29, 1.82) is 0 Å². The van der Waals surface area contributed by atoms with Gasteiger partial charge in [0, 0.05) is 37.1 Å². The molecule has 3 aromatic heterocycles. The number of carbonyl (C=O) groups is 1. The van der Waals surface area contributed by atoms with Crippen molar-refractivity contribution in [2.45, 2.75) is 39.3 Å². The molecule has 11 heteroatoms. The van der Waals surface area contributed by atoms with Gasteiger partial charge in [-0.05, 0) is 45.4 Å². The van der Waals surface area contributed by atoms with Gasteiger partial charge in [0.2, 0.25) is 5.89 Å². The smallest absolute Gasteiger partial charge is 0.276 e. The van der Waals surface area contributed by atoms with E-state index in [1.54, 1.807) is 18.0 Å². The zero-order valence-electron chi connectivity index (χ0n) is 19.1. The minimum absolute atomic E-state index is 0.148. The van der Waals surface area contributed by atoms with Crippen molar-refractivity contribution in [2.24, 2.45) is 0 Å². The summed E-state index contributed by atoms with van der Waals surface area (Å²) in [5.74, 6) is 1.16. The van der Waals surface area contributed by atoms with Gasteiger partial charge < -0.3 is 25.1 Å². The van der Waals surface area contributed by atoms with Gasteiger partial charge in [0.25, 0.3) is 5.91 Å². The zero-order valence-corrected chi connectivity index (χ0v) is 19.9. The van der Waals surface area contributed by atoms with E-state index in [2.05, 4.69) is 29.3 Å². The van der Waals surface area contributed by atoms with Crippen LogP contribution in [0.15, 0.2) is 34.9 Å². The predicted molar refractivity (Wildman–Crippen MR) is 130 cm³/mol. The van der Waals surface area contributed by atoms with Crippen LogP contribution in [0.5, 0.6) is 0 Å². The average Bonchev–Trinajstić information content (AvgIpc) is 3.52. The molecule has 4 aromatic rings. The zero-order chi connectivity index (χ0) is 23.8. The number of likely N-dealkylation sites (tertiary alicyclic amines) is 1. The van der Waals surface area contributed by atoms with E-state index in [0.717, 1.165) is 22.4 Å². The third-order valence-electron chi connectivity index (χ3n) is 5.55. The van der Waals surface area contributed by atoms with Crippen LogP contribution in [0.2, 0.25) is 0 Å². The molecular weight excluding hydrogens is 454 g/mol. The summed E-state index contributed by atoms with van der Waals surface area (Å²) in [5.41, 5.74) is 4.22. The molecule has 0 spiro atoms.